The number of thioether (sulfide) groups is 1. The molecule has 10 heteroatoms. The molecule has 1 fully saturated rings. The summed E-state index contributed by atoms with van der Waals surface area (Å²) < 4.78 is 17.7. The molecule has 1 heterocycles. The van der Waals surface area contributed by atoms with Crippen molar-refractivity contribution in [3.05, 3.63) is 101 Å². The highest BCUT2D eigenvalue weighted by Gasteiger charge is 2.32. The maximum absolute atomic E-state index is 12.2. The summed E-state index contributed by atoms with van der Waals surface area (Å²) >= 11 is 1.59. The highest BCUT2D eigenvalue weighted by molar-refractivity contribution is 7.99. The Hall–Kier alpha value is -3.70. The third kappa shape index (κ3) is 8.64. The molecule has 0 spiro atoms. The van der Waals surface area contributed by atoms with Crippen LogP contribution >= 0.6 is 11.8 Å². The second kappa shape index (κ2) is 14.3. The van der Waals surface area contributed by atoms with Gasteiger partial charge < -0.3 is 29.7 Å². The molecule has 0 unspecified atom stereocenters. The summed E-state index contributed by atoms with van der Waals surface area (Å²) in [5.41, 5.74) is 3.73. The standard InChI is InChI=1S/C31H33NO8S/c1-19(38-20(2)34)29(35)32-16-21-3-9-25(10-4-21)31-39-26(18-41-27-13-11-24(12-14-27)30(36)37)15-28(40-31)23-7-5-22(17-33)6-8-23/h3-14,19,26,28,31,33H,15-18H2,1-2H3,(H,32,35)(H,36,37)/t19-,26+,28-,31-/m0/s1. The molecule has 0 aromatic heterocycles. The minimum absolute atomic E-state index is 0.0348. The molecule has 4 rings (SSSR count). The van der Waals surface area contributed by atoms with Gasteiger partial charge in [-0.1, -0.05) is 48.5 Å². The second-order valence-corrected chi connectivity index (χ2v) is 10.8. The van der Waals surface area contributed by atoms with Gasteiger partial charge in [-0.2, -0.15) is 0 Å². The van der Waals surface area contributed by atoms with Crippen LogP contribution in [-0.4, -0.2) is 46.0 Å². The number of carbonyl (C=O) groups excluding carboxylic acids is 2. The van der Waals surface area contributed by atoms with Crippen LogP contribution in [0.3, 0.4) is 0 Å². The van der Waals surface area contributed by atoms with Crippen LogP contribution in [0.4, 0.5) is 0 Å². The number of ether oxygens (including phenoxy) is 3. The fraction of sp³-hybridized carbons (Fsp3) is 0.323. The highest BCUT2D eigenvalue weighted by atomic mass is 32.2. The lowest BCUT2D eigenvalue weighted by atomic mass is 10.0. The van der Waals surface area contributed by atoms with Crippen LogP contribution in [-0.2, 0) is 37.0 Å². The topological polar surface area (TPSA) is 131 Å². The molecule has 216 valence electrons. The van der Waals surface area contributed by atoms with Crippen molar-refractivity contribution in [1.82, 2.24) is 5.32 Å². The lowest BCUT2D eigenvalue weighted by Gasteiger charge is -2.36. The Morgan fingerprint density at radius 3 is 2.20 bits per heavy atom. The number of aliphatic hydroxyl groups excluding tert-OH is 1. The smallest absolute Gasteiger partial charge is 0.335 e. The van der Waals surface area contributed by atoms with Crippen LogP contribution in [0, 0.1) is 0 Å². The largest absolute Gasteiger partial charge is 0.478 e. The molecule has 1 saturated heterocycles. The van der Waals surface area contributed by atoms with Crippen LogP contribution in [0.1, 0.15) is 65.3 Å². The maximum atomic E-state index is 12.2. The van der Waals surface area contributed by atoms with Crippen molar-refractivity contribution in [3.8, 4) is 0 Å². The van der Waals surface area contributed by atoms with Gasteiger partial charge in [0.1, 0.15) is 0 Å². The molecule has 4 atom stereocenters. The Morgan fingerprint density at radius 2 is 1.59 bits per heavy atom. The predicted molar refractivity (Wildman–Crippen MR) is 152 cm³/mol. The predicted octanol–water partition coefficient (Wildman–Crippen LogP) is 4.78. The summed E-state index contributed by atoms with van der Waals surface area (Å²) in [6.45, 7) is 3.02. The summed E-state index contributed by atoms with van der Waals surface area (Å²) in [6, 6.07) is 22.0. The molecule has 1 aliphatic rings. The van der Waals surface area contributed by atoms with Gasteiger partial charge in [-0.05, 0) is 47.9 Å². The summed E-state index contributed by atoms with van der Waals surface area (Å²) in [5.74, 6) is -1.21. The second-order valence-electron chi connectivity index (χ2n) is 9.70. The van der Waals surface area contributed by atoms with E-state index in [4.69, 9.17) is 19.3 Å². The van der Waals surface area contributed by atoms with Gasteiger partial charge in [-0.25, -0.2) is 4.79 Å². The molecule has 0 saturated carbocycles. The molecule has 3 aromatic rings. The lowest BCUT2D eigenvalue weighted by molar-refractivity contribution is -0.245. The first-order valence-corrected chi connectivity index (χ1v) is 14.2. The van der Waals surface area contributed by atoms with Gasteiger partial charge in [-0.15, -0.1) is 11.8 Å². The molecule has 0 radical (unpaired) electrons. The molecule has 9 nitrogen and oxygen atoms in total. The molecule has 0 bridgehead atoms. The molecular weight excluding hydrogens is 546 g/mol. The summed E-state index contributed by atoms with van der Waals surface area (Å²) in [5, 5.41) is 21.3. The Labute approximate surface area is 242 Å². The number of hydrogen-bond acceptors (Lipinski definition) is 8. The van der Waals surface area contributed by atoms with E-state index in [0.29, 0.717) is 12.2 Å². The van der Waals surface area contributed by atoms with Crippen LogP contribution in [0.2, 0.25) is 0 Å². The van der Waals surface area contributed by atoms with Gasteiger partial charge in [-0.3, -0.25) is 9.59 Å². The number of hydrogen-bond donors (Lipinski definition) is 3. The molecule has 41 heavy (non-hydrogen) atoms. The van der Waals surface area contributed by atoms with Crippen LogP contribution < -0.4 is 5.32 Å². The molecular formula is C31H33NO8S. The number of nitrogens with one attached hydrogen (secondary N) is 1. The van der Waals surface area contributed by atoms with Crippen molar-refractivity contribution in [2.24, 2.45) is 0 Å². The first-order valence-electron chi connectivity index (χ1n) is 13.2. The minimum atomic E-state index is -0.961. The van der Waals surface area contributed by atoms with E-state index in [1.165, 1.54) is 13.8 Å². The molecule has 0 aliphatic carbocycles. The Kier molecular flexibility index (Phi) is 10.5. The Balaban J connectivity index is 1.44. The van der Waals surface area contributed by atoms with E-state index in [2.05, 4.69) is 5.32 Å². The molecule has 1 amide bonds. The van der Waals surface area contributed by atoms with Crippen LogP contribution in [0.15, 0.2) is 77.7 Å². The van der Waals surface area contributed by atoms with Crippen molar-refractivity contribution in [2.45, 2.75) is 62.9 Å². The Bertz CT molecular complexity index is 1330. The number of rotatable bonds is 11. The quantitative estimate of drug-likeness (QED) is 0.217. The van der Waals surface area contributed by atoms with Gasteiger partial charge in [0.15, 0.2) is 12.4 Å². The number of carboxylic acid groups (broad SMARTS) is 1. The fourth-order valence-electron chi connectivity index (χ4n) is 4.33. The van der Waals surface area contributed by atoms with E-state index < -0.39 is 24.3 Å². The average molecular weight is 580 g/mol. The SMILES string of the molecule is CC(=O)O[C@@H](C)C(=O)NCc1ccc([C@H]2O[C@@H](CSc3ccc(C(=O)O)cc3)C[C@@H](c3ccc(CO)cc3)O2)cc1. The van der Waals surface area contributed by atoms with Gasteiger partial charge >= 0.3 is 11.9 Å². The number of aromatic carboxylic acids is 1. The van der Waals surface area contributed by atoms with Gasteiger partial charge in [0, 0.05) is 36.1 Å². The van der Waals surface area contributed by atoms with E-state index in [0.717, 1.165) is 27.1 Å². The van der Waals surface area contributed by atoms with Crippen LogP contribution in [0.5, 0.6) is 0 Å². The number of benzene rings is 3. The van der Waals surface area contributed by atoms with Crippen molar-refractivity contribution in [2.75, 3.05) is 5.75 Å². The minimum Gasteiger partial charge on any atom is -0.478 e. The van der Waals surface area contributed by atoms with E-state index in [9.17, 15) is 19.5 Å². The maximum Gasteiger partial charge on any atom is 0.335 e. The third-order valence-corrected chi connectivity index (χ3v) is 7.73. The molecule has 3 N–H and O–H groups in total. The van der Waals surface area contributed by atoms with E-state index in [1.807, 2.05) is 48.5 Å². The van der Waals surface area contributed by atoms with Crippen molar-refractivity contribution in [3.63, 3.8) is 0 Å². The van der Waals surface area contributed by atoms with Crippen molar-refractivity contribution in [1.29, 1.82) is 0 Å². The average Bonchev–Trinajstić information content (AvgIpc) is 2.98. The fourth-order valence-corrected chi connectivity index (χ4v) is 5.26. The number of carbonyl (C=O) groups is 3. The number of carboxylic acids is 1. The summed E-state index contributed by atoms with van der Waals surface area (Å²) in [4.78, 5) is 35.3. The zero-order valence-electron chi connectivity index (χ0n) is 22.8. The highest BCUT2D eigenvalue weighted by Crippen LogP contribution is 2.39. The first kappa shape index (κ1) is 30.3. The van der Waals surface area contributed by atoms with Gasteiger partial charge in [0.05, 0.1) is 24.4 Å². The zero-order chi connectivity index (χ0) is 29.4. The normalized spacial score (nSPS) is 19.2. The van der Waals surface area contributed by atoms with E-state index >= 15 is 0 Å². The Morgan fingerprint density at radius 1 is 0.951 bits per heavy atom. The number of esters is 1. The first-order chi connectivity index (χ1) is 19.7. The van der Waals surface area contributed by atoms with Crippen molar-refractivity contribution < 1.29 is 38.8 Å². The molecule has 3 aromatic carbocycles. The monoisotopic (exact) mass is 579 g/mol. The van der Waals surface area contributed by atoms with Gasteiger partial charge in [0.25, 0.3) is 5.91 Å². The van der Waals surface area contributed by atoms with E-state index in [-0.39, 0.29) is 36.8 Å². The van der Waals surface area contributed by atoms with Gasteiger partial charge in [0.2, 0.25) is 0 Å². The summed E-state index contributed by atoms with van der Waals surface area (Å²) in [6.07, 6.45) is -1.26. The number of aliphatic hydroxyl groups is 1. The van der Waals surface area contributed by atoms with E-state index in [1.54, 1.807) is 36.0 Å². The number of amides is 1. The molecule has 1 aliphatic heterocycles. The third-order valence-electron chi connectivity index (χ3n) is 6.58. The van der Waals surface area contributed by atoms with Crippen molar-refractivity contribution >= 4 is 29.6 Å². The zero-order valence-corrected chi connectivity index (χ0v) is 23.6. The lowest BCUT2D eigenvalue weighted by Crippen LogP contribution is -2.35. The summed E-state index contributed by atoms with van der Waals surface area (Å²) in [7, 11) is 0. The van der Waals surface area contributed by atoms with Crippen LogP contribution in [0.25, 0.3) is 0 Å².